The summed E-state index contributed by atoms with van der Waals surface area (Å²) in [5.41, 5.74) is 1.71. The molecular weight excluding hydrogens is 594 g/mol. The van der Waals surface area contributed by atoms with Gasteiger partial charge in [0.2, 0.25) is 0 Å². The van der Waals surface area contributed by atoms with Crippen LogP contribution in [0, 0.1) is 0 Å². The van der Waals surface area contributed by atoms with Crippen molar-refractivity contribution in [2.45, 2.75) is 105 Å². The summed E-state index contributed by atoms with van der Waals surface area (Å²) in [4.78, 5) is 39.2. The lowest BCUT2D eigenvalue weighted by Gasteiger charge is -2.25. The largest absolute Gasteiger partial charge is 0.507 e. The fourth-order valence-electron chi connectivity index (χ4n) is 5.49. The van der Waals surface area contributed by atoms with Crippen LogP contribution in [0.2, 0.25) is 0 Å². The van der Waals surface area contributed by atoms with Gasteiger partial charge in [-0.15, -0.1) is 0 Å². The van der Waals surface area contributed by atoms with Gasteiger partial charge >= 0.3 is 11.9 Å². The van der Waals surface area contributed by atoms with Crippen LogP contribution in [0.3, 0.4) is 0 Å². The number of phenols is 2. The summed E-state index contributed by atoms with van der Waals surface area (Å²) >= 11 is 0. The standard InChI is InChI=1S/C24H31NO4.C15H22O3/c1-4-7-8-12-15-18-19(24(28)29)16-20(25(5-2)6-3)23(27)21(18)22(26)17-13-10-9-11-14-17;1-3-5-6-9-12(4-2)18-15(17)13-10-7-8-11-14(13)16/h9-11,13-14,16,27H,4-8,12,15H2,1-3H3,(H,28,29);7-8,10-12,16H,3-6,9H2,1-2H3. The van der Waals surface area contributed by atoms with Crippen molar-refractivity contribution in [3.63, 3.8) is 0 Å². The van der Waals surface area contributed by atoms with Crippen molar-refractivity contribution in [2.75, 3.05) is 18.0 Å². The Kier molecular flexibility index (Phi) is 17.1. The van der Waals surface area contributed by atoms with Gasteiger partial charge in [-0.05, 0) is 69.7 Å². The molecule has 8 nitrogen and oxygen atoms in total. The molecule has 1 atom stereocenters. The summed E-state index contributed by atoms with van der Waals surface area (Å²) in [6.07, 6.45) is 9.32. The number of rotatable bonds is 18. The van der Waals surface area contributed by atoms with Gasteiger partial charge in [-0.25, -0.2) is 9.59 Å². The van der Waals surface area contributed by atoms with Crippen molar-refractivity contribution in [1.82, 2.24) is 0 Å². The predicted octanol–water partition coefficient (Wildman–Crippen LogP) is 9.20. The molecule has 0 aromatic heterocycles. The van der Waals surface area contributed by atoms with Gasteiger partial charge in [-0.1, -0.05) is 95.3 Å². The van der Waals surface area contributed by atoms with E-state index >= 15 is 0 Å². The minimum atomic E-state index is -1.08. The number of ketones is 1. The topological polar surface area (TPSA) is 124 Å². The number of aromatic hydroxyl groups is 2. The van der Waals surface area contributed by atoms with E-state index < -0.39 is 11.9 Å². The molecule has 3 rings (SSSR count). The van der Waals surface area contributed by atoms with Gasteiger partial charge in [0.15, 0.2) is 5.78 Å². The van der Waals surface area contributed by atoms with Crippen LogP contribution >= 0.6 is 0 Å². The second kappa shape index (κ2) is 20.7. The molecule has 256 valence electrons. The maximum absolute atomic E-state index is 13.3. The van der Waals surface area contributed by atoms with Crippen LogP contribution in [0.25, 0.3) is 0 Å². The van der Waals surface area contributed by atoms with Gasteiger partial charge < -0.3 is 25.0 Å². The van der Waals surface area contributed by atoms with E-state index in [0.717, 1.165) is 57.8 Å². The number of ether oxygens (including phenoxy) is 1. The van der Waals surface area contributed by atoms with Gasteiger partial charge in [-0.3, -0.25) is 4.79 Å². The van der Waals surface area contributed by atoms with Crippen LogP contribution in [-0.2, 0) is 11.2 Å². The van der Waals surface area contributed by atoms with Gasteiger partial charge in [0.25, 0.3) is 0 Å². The number of phenolic OH excluding ortho intramolecular Hbond substituents is 2. The molecule has 0 heterocycles. The Balaban J connectivity index is 0.000000366. The van der Waals surface area contributed by atoms with Gasteiger partial charge in [0.05, 0.1) is 16.8 Å². The third-order valence-corrected chi connectivity index (χ3v) is 8.25. The van der Waals surface area contributed by atoms with E-state index in [1.807, 2.05) is 31.7 Å². The van der Waals surface area contributed by atoms with E-state index in [0.29, 0.717) is 36.3 Å². The van der Waals surface area contributed by atoms with Crippen molar-refractivity contribution < 1.29 is 34.4 Å². The Bertz CT molecular complexity index is 1420. The molecule has 47 heavy (non-hydrogen) atoms. The molecular formula is C39H53NO7. The molecule has 0 aliphatic rings. The maximum Gasteiger partial charge on any atom is 0.342 e. The molecule has 3 aromatic rings. The average molecular weight is 648 g/mol. The average Bonchev–Trinajstić information content (AvgIpc) is 3.08. The Morgan fingerprint density at radius 1 is 0.766 bits per heavy atom. The van der Waals surface area contributed by atoms with E-state index in [2.05, 4.69) is 13.8 Å². The van der Waals surface area contributed by atoms with Crippen LogP contribution in [0.4, 0.5) is 5.69 Å². The maximum atomic E-state index is 13.3. The quantitative estimate of drug-likeness (QED) is 0.0709. The monoisotopic (exact) mass is 647 g/mol. The van der Waals surface area contributed by atoms with Crippen molar-refractivity contribution in [3.05, 3.63) is 88.5 Å². The molecule has 0 aliphatic heterocycles. The minimum absolute atomic E-state index is 0.0223. The number of benzene rings is 3. The van der Waals surface area contributed by atoms with Crippen molar-refractivity contribution in [1.29, 1.82) is 0 Å². The van der Waals surface area contributed by atoms with Crippen molar-refractivity contribution in [2.24, 2.45) is 0 Å². The number of carboxylic acids is 1. The predicted molar refractivity (Wildman–Crippen MR) is 188 cm³/mol. The molecule has 0 amide bonds. The first kappa shape index (κ1) is 38.9. The molecule has 3 N–H and O–H groups in total. The van der Waals surface area contributed by atoms with Gasteiger partial charge in [0.1, 0.15) is 23.2 Å². The lowest BCUT2D eigenvalue weighted by atomic mass is 9.89. The number of unbranched alkanes of at least 4 members (excludes halogenated alkanes) is 5. The number of hydrogen-bond donors (Lipinski definition) is 3. The summed E-state index contributed by atoms with van der Waals surface area (Å²) in [6.45, 7) is 11.3. The van der Waals surface area contributed by atoms with E-state index in [1.54, 1.807) is 42.5 Å². The first-order valence-corrected chi connectivity index (χ1v) is 17.1. The Morgan fingerprint density at radius 3 is 1.96 bits per heavy atom. The zero-order chi connectivity index (χ0) is 34.8. The van der Waals surface area contributed by atoms with Crippen LogP contribution in [0.1, 0.15) is 135 Å². The fraction of sp³-hybridized carbons (Fsp3) is 0.462. The minimum Gasteiger partial charge on any atom is -0.507 e. The molecule has 0 saturated carbocycles. The zero-order valence-corrected chi connectivity index (χ0v) is 28.8. The van der Waals surface area contributed by atoms with Crippen LogP contribution in [-0.4, -0.2) is 52.2 Å². The number of nitrogens with zero attached hydrogens (tertiary/aromatic N) is 1. The number of hydrogen-bond acceptors (Lipinski definition) is 7. The second-order valence-corrected chi connectivity index (χ2v) is 11.6. The molecule has 3 aromatic carbocycles. The highest BCUT2D eigenvalue weighted by molar-refractivity contribution is 6.14. The summed E-state index contributed by atoms with van der Waals surface area (Å²) in [5, 5.41) is 30.5. The number of carbonyl (C=O) groups excluding carboxylic acids is 2. The molecule has 8 heteroatoms. The molecule has 0 saturated heterocycles. The van der Waals surface area contributed by atoms with Gasteiger partial charge in [0, 0.05) is 18.7 Å². The Hall–Kier alpha value is -4.33. The number of aromatic carboxylic acids is 1. The summed E-state index contributed by atoms with van der Waals surface area (Å²) in [5.74, 6) is -2.00. The lowest BCUT2D eigenvalue weighted by Crippen LogP contribution is -2.24. The number of para-hydroxylation sites is 1. The highest BCUT2D eigenvalue weighted by Crippen LogP contribution is 2.38. The number of carboxylic acid groups (broad SMARTS) is 1. The third-order valence-electron chi connectivity index (χ3n) is 8.25. The van der Waals surface area contributed by atoms with Crippen LogP contribution in [0.5, 0.6) is 11.5 Å². The van der Waals surface area contributed by atoms with Crippen LogP contribution < -0.4 is 4.90 Å². The molecule has 0 aliphatic carbocycles. The zero-order valence-electron chi connectivity index (χ0n) is 28.8. The molecule has 0 fully saturated rings. The van der Waals surface area contributed by atoms with Crippen molar-refractivity contribution >= 4 is 23.4 Å². The molecule has 0 spiro atoms. The number of anilines is 1. The summed E-state index contributed by atoms with van der Waals surface area (Å²) in [6, 6.07) is 16.7. The highest BCUT2D eigenvalue weighted by atomic mass is 16.5. The first-order chi connectivity index (χ1) is 22.6. The van der Waals surface area contributed by atoms with E-state index in [4.69, 9.17) is 4.74 Å². The SMILES string of the molecule is CCCCCC(CC)OC(=O)c1ccccc1O.CCCCCCc1c(C(=O)O)cc(N(CC)CC)c(O)c1C(=O)c1ccccc1. The number of carbonyl (C=O) groups is 3. The Labute approximate surface area is 280 Å². The summed E-state index contributed by atoms with van der Waals surface area (Å²) in [7, 11) is 0. The normalized spacial score (nSPS) is 11.3. The number of esters is 1. The Morgan fingerprint density at radius 2 is 1.38 bits per heavy atom. The molecule has 0 bridgehead atoms. The van der Waals surface area contributed by atoms with E-state index in [9.17, 15) is 29.7 Å². The molecule has 1 unspecified atom stereocenters. The lowest BCUT2D eigenvalue weighted by molar-refractivity contribution is 0.0264. The van der Waals surface area contributed by atoms with Crippen molar-refractivity contribution in [3.8, 4) is 11.5 Å². The first-order valence-electron chi connectivity index (χ1n) is 17.1. The van der Waals surface area contributed by atoms with Gasteiger partial charge in [-0.2, -0.15) is 0 Å². The van der Waals surface area contributed by atoms with E-state index in [-0.39, 0.29) is 40.1 Å². The second-order valence-electron chi connectivity index (χ2n) is 11.6. The smallest absolute Gasteiger partial charge is 0.342 e. The van der Waals surface area contributed by atoms with Crippen LogP contribution in [0.15, 0.2) is 60.7 Å². The fourth-order valence-corrected chi connectivity index (χ4v) is 5.49. The summed E-state index contributed by atoms with van der Waals surface area (Å²) < 4.78 is 5.41. The van der Waals surface area contributed by atoms with E-state index in [1.165, 1.54) is 12.1 Å². The highest BCUT2D eigenvalue weighted by Gasteiger charge is 2.27. The third kappa shape index (κ3) is 11.5. The molecule has 0 radical (unpaired) electrons.